The van der Waals surface area contributed by atoms with Crippen molar-refractivity contribution in [3.05, 3.63) is 40.4 Å². The third-order valence-electron chi connectivity index (χ3n) is 6.06. The first kappa shape index (κ1) is 21.4. The molecule has 0 spiro atoms. The summed E-state index contributed by atoms with van der Waals surface area (Å²) in [6.45, 7) is 5.51. The van der Waals surface area contributed by atoms with Crippen LogP contribution in [0.1, 0.15) is 77.2 Å². The summed E-state index contributed by atoms with van der Waals surface area (Å²) < 4.78 is 0. The highest BCUT2D eigenvalue weighted by Gasteiger charge is 2.26. The first-order valence-electron chi connectivity index (χ1n) is 11.1. The molecule has 1 aliphatic heterocycles. The second kappa shape index (κ2) is 11.0. The van der Waals surface area contributed by atoms with Gasteiger partial charge in [0.25, 0.3) is 0 Å². The molecule has 28 heavy (non-hydrogen) atoms. The Morgan fingerprint density at radius 2 is 2.04 bits per heavy atom. The van der Waals surface area contributed by atoms with Gasteiger partial charge in [-0.3, -0.25) is 0 Å². The van der Waals surface area contributed by atoms with Crippen LogP contribution < -0.4 is 5.32 Å². The van der Waals surface area contributed by atoms with Gasteiger partial charge >= 0.3 is 0 Å². The molecule has 1 aliphatic carbocycles. The fourth-order valence-corrected chi connectivity index (χ4v) is 4.46. The summed E-state index contributed by atoms with van der Waals surface area (Å²) in [5, 5.41) is 9.13. The van der Waals surface area contributed by atoms with E-state index in [9.17, 15) is 0 Å². The lowest BCUT2D eigenvalue weighted by atomic mass is 9.80. The van der Waals surface area contributed by atoms with Gasteiger partial charge in [-0.1, -0.05) is 55.1 Å². The van der Waals surface area contributed by atoms with E-state index in [1.165, 1.54) is 68.2 Å². The van der Waals surface area contributed by atoms with E-state index in [2.05, 4.69) is 37.4 Å². The van der Waals surface area contributed by atoms with Crippen molar-refractivity contribution in [2.24, 2.45) is 11.1 Å². The Morgan fingerprint density at radius 1 is 1.21 bits per heavy atom. The van der Waals surface area contributed by atoms with Crippen LogP contribution in [-0.2, 0) is 4.84 Å². The number of allylic oxidation sites excluding steroid dienone is 1. The quantitative estimate of drug-likeness (QED) is 0.520. The summed E-state index contributed by atoms with van der Waals surface area (Å²) >= 11 is 6.05. The van der Waals surface area contributed by atoms with Gasteiger partial charge in [0.15, 0.2) is 0 Å². The van der Waals surface area contributed by atoms with Crippen molar-refractivity contribution < 1.29 is 4.84 Å². The van der Waals surface area contributed by atoms with Crippen LogP contribution in [0.2, 0.25) is 5.02 Å². The predicted molar refractivity (Wildman–Crippen MR) is 120 cm³/mol. The lowest BCUT2D eigenvalue weighted by Gasteiger charge is -2.29. The maximum absolute atomic E-state index is 6.08. The smallest absolute Gasteiger partial charge is 0.139 e. The molecule has 1 aromatic rings. The molecular formula is C24H35ClN2O. The van der Waals surface area contributed by atoms with E-state index in [-0.39, 0.29) is 6.10 Å². The largest absolute Gasteiger partial charge is 0.391 e. The number of rotatable bonds is 7. The van der Waals surface area contributed by atoms with Gasteiger partial charge < -0.3 is 10.2 Å². The Bertz CT molecular complexity index is 662. The molecule has 2 fully saturated rings. The second-order valence-electron chi connectivity index (χ2n) is 8.30. The van der Waals surface area contributed by atoms with Crippen molar-refractivity contribution in [2.45, 2.75) is 83.8 Å². The Hall–Kier alpha value is -1.32. The van der Waals surface area contributed by atoms with E-state index < -0.39 is 0 Å². The molecule has 1 saturated heterocycles. The molecule has 3 nitrogen and oxygen atoms in total. The Kier molecular flexibility index (Phi) is 8.42. The summed E-state index contributed by atoms with van der Waals surface area (Å²) in [5.41, 5.74) is 3.70. The van der Waals surface area contributed by atoms with Crippen molar-refractivity contribution in [1.82, 2.24) is 5.32 Å². The molecule has 1 saturated carbocycles. The van der Waals surface area contributed by atoms with Gasteiger partial charge in [-0.05, 0) is 81.3 Å². The highest BCUT2D eigenvalue weighted by molar-refractivity contribution is 6.30. The molecule has 3 unspecified atom stereocenters. The summed E-state index contributed by atoms with van der Waals surface area (Å²) in [4.78, 5) is 6.08. The number of nitrogens with zero attached hydrogens (tertiary/aromatic N) is 1. The van der Waals surface area contributed by atoms with E-state index in [0.717, 1.165) is 18.0 Å². The zero-order chi connectivity index (χ0) is 19.8. The van der Waals surface area contributed by atoms with Crippen molar-refractivity contribution in [3.8, 4) is 0 Å². The first-order chi connectivity index (χ1) is 13.7. The molecule has 0 amide bonds. The minimum Gasteiger partial charge on any atom is -0.391 e. The molecule has 1 heterocycles. The number of piperidine rings is 1. The molecule has 0 aromatic heterocycles. The highest BCUT2D eigenvalue weighted by atomic mass is 35.5. The van der Waals surface area contributed by atoms with Gasteiger partial charge in [0.2, 0.25) is 0 Å². The standard InChI is InChI=1S/C24H35ClN2O/c1-3-4-8-20-9-7-10-21(17-19-12-14-22(25)15-13-19)24(20)27-28-18(2)23-11-5-6-16-26-23/h12-15,17-18,20,23,26H,3-11,16H2,1-2H3/b21-17+,27-24+. The topological polar surface area (TPSA) is 33.6 Å². The van der Waals surface area contributed by atoms with E-state index >= 15 is 0 Å². The number of unbranched alkanes of at least 4 members (excludes halogenated alkanes) is 1. The Labute approximate surface area is 175 Å². The number of hydrogen-bond acceptors (Lipinski definition) is 3. The number of nitrogens with one attached hydrogen (secondary N) is 1. The molecule has 3 atom stereocenters. The van der Waals surface area contributed by atoms with Crippen LogP contribution in [0.15, 0.2) is 35.0 Å². The van der Waals surface area contributed by atoms with Gasteiger partial charge in [0.1, 0.15) is 6.10 Å². The molecule has 4 heteroatoms. The number of benzene rings is 1. The SMILES string of the molecule is CCCCC1CCCC(=C\c2ccc(Cl)cc2)/C1=N/OC(C)C1CCCCN1. The molecule has 154 valence electrons. The number of hydrogen-bond donors (Lipinski definition) is 1. The lowest BCUT2D eigenvalue weighted by molar-refractivity contribution is 0.0353. The summed E-state index contributed by atoms with van der Waals surface area (Å²) in [6, 6.07) is 8.49. The monoisotopic (exact) mass is 402 g/mol. The summed E-state index contributed by atoms with van der Waals surface area (Å²) in [7, 11) is 0. The normalized spacial score (nSPS) is 27.1. The van der Waals surface area contributed by atoms with E-state index in [0.29, 0.717) is 12.0 Å². The Balaban J connectivity index is 1.78. The molecule has 0 bridgehead atoms. The zero-order valence-electron chi connectivity index (χ0n) is 17.4. The number of oxime groups is 1. The predicted octanol–water partition coefficient (Wildman–Crippen LogP) is 6.62. The third kappa shape index (κ3) is 6.09. The lowest BCUT2D eigenvalue weighted by Crippen LogP contribution is -2.42. The number of halogens is 1. The van der Waals surface area contributed by atoms with Crippen LogP contribution in [-0.4, -0.2) is 24.4 Å². The van der Waals surface area contributed by atoms with Crippen LogP contribution in [0.25, 0.3) is 6.08 Å². The maximum atomic E-state index is 6.08. The molecule has 3 rings (SSSR count). The van der Waals surface area contributed by atoms with Gasteiger partial charge in [0, 0.05) is 17.0 Å². The molecule has 1 N–H and O–H groups in total. The fourth-order valence-electron chi connectivity index (χ4n) is 4.33. The van der Waals surface area contributed by atoms with Crippen LogP contribution in [0.5, 0.6) is 0 Å². The van der Waals surface area contributed by atoms with Crippen LogP contribution >= 0.6 is 11.6 Å². The minimum absolute atomic E-state index is 0.110. The zero-order valence-corrected chi connectivity index (χ0v) is 18.2. The van der Waals surface area contributed by atoms with Crippen molar-refractivity contribution in [1.29, 1.82) is 0 Å². The van der Waals surface area contributed by atoms with Gasteiger partial charge in [-0.2, -0.15) is 0 Å². The van der Waals surface area contributed by atoms with Gasteiger partial charge in [-0.25, -0.2) is 0 Å². The van der Waals surface area contributed by atoms with E-state index in [4.69, 9.17) is 21.6 Å². The molecule has 2 aliphatic rings. The first-order valence-corrected chi connectivity index (χ1v) is 11.5. The van der Waals surface area contributed by atoms with Crippen molar-refractivity contribution in [3.63, 3.8) is 0 Å². The Morgan fingerprint density at radius 3 is 2.75 bits per heavy atom. The van der Waals surface area contributed by atoms with Gasteiger partial charge in [-0.15, -0.1) is 0 Å². The second-order valence-corrected chi connectivity index (χ2v) is 8.73. The summed E-state index contributed by atoms with van der Waals surface area (Å²) in [6.07, 6.45) is 13.3. The third-order valence-corrected chi connectivity index (χ3v) is 6.32. The van der Waals surface area contributed by atoms with Crippen molar-refractivity contribution >= 4 is 23.4 Å². The van der Waals surface area contributed by atoms with Crippen LogP contribution in [0.3, 0.4) is 0 Å². The van der Waals surface area contributed by atoms with Crippen molar-refractivity contribution in [2.75, 3.05) is 6.54 Å². The fraction of sp³-hybridized carbons (Fsp3) is 0.625. The van der Waals surface area contributed by atoms with E-state index in [1.54, 1.807) is 0 Å². The van der Waals surface area contributed by atoms with Gasteiger partial charge in [0.05, 0.1) is 5.71 Å². The summed E-state index contributed by atoms with van der Waals surface area (Å²) in [5.74, 6) is 0.513. The minimum atomic E-state index is 0.110. The van der Waals surface area contributed by atoms with E-state index in [1.807, 2.05) is 12.1 Å². The molecular weight excluding hydrogens is 368 g/mol. The van der Waals surface area contributed by atoms with Crippen LogP contribution in [0.4, 0.5) is 0 Å². The molecule has 0 radical (unpaired) electrons. The highest BCUT2D eigenvalue weighted by Crippen LogP contribution is 2.32. The average Bonchev–Trinajstić information content (AvgIpc) is 2.73. The average molecular weight is 403 g/mol. The maximum Gasteiger partial charge on any atom is 0.139 e. The molecule has 1 aromatic carbocycles. The van der Waals surface area contributed by atoms with Crippen LogP contribution in [0, 0.1) is 5.92 Å².